The molecule has 0 saturated heterocycles. The van der Waals surface area contributed by atoms with Gasteiger partial charge in [-0.2, -0.15) is 0 Å². The van der Waals surface area contributed by atoms with Crippen LogP contribution >= 0.6 is 0 Å². The van der Waals surface area contributed by atoms with Crippen molar-refractivity contribution in [3.63, 3.8) is 0 Å². The van der Waals surface area contributed by atoms with E-state index in [9.17, 15) is 0 Å². The molecule has 0 spiro atoms. The van der Waals surface area contributed by atoms with Crippen LogP contribution in [0.5, 0.6) is 0 Å². The van der Waals surface area contributed by atoms with Crippen LogP contribution in [0.2, 0.25) is 0 Å². The fraction of sp³-hybridized carbons (Fsp3) is 0.763. The lowest BCUT2D eigenvalue weighted by molar-refractivity contribution is -0.703. The monoisotopic (exact) mass is 552 g/mol. The molecule has 0 radical (unpaired) electrons. The molecule has 1 heterocycles. The van der Waals surface area contributed by atoms with Gasteiger partial charge in [-0.05, 0) is 31.2 Å². The SMILES string of the molecule is CCCCCCCCCCCCCCCCCC[n+]1ccn(CCCCCCCCCC)c1Cc1ccccc1. The van der Waals surface area contributed by atoms with E-state index in [1.54, 1.807) is 0 Å². The van der Waals surface area contributed by atoms with Crippen molar-refractivity contribution in [2.45, 2.75) is 187 Å². The first-order valence-corrected chi connectivity index (χ1v) is 18.0. The van der Waals surface area contributed by atoms with E-state index in [1.807, 2.05) is 0 Å². The smallest absolute Gasteiger partial charge is 0.234 e. The summed E-state index contributed by atoms with van der Waals surface area (Å²) in [7, 11) is 0. The molecule has 1 aromatic carbocycles. The number of rotatable bonds is 28. The minimum absolute atomic E-state index is 1.05. The van der Waals surface area contributed by atoms with Crippen molar-refractivity contribution in [1.82, 2.24) is 4.57 Å². The number of aromatic nitrogens is 2. The molecule has 40 heavy (non-hydrogen) atoms. The van der Waals surface area contributed by atoms with Gasteiger partial charge in [-0.15, -0.1) is 0 Å². The molecular weight excluding hydrogens is 484 g/mol. The Labute approximate surface area is 250 Å². The van der Waals surface area contributed by atoms with Gasteiger partial charge in [0.15, 0.2) is 0 Å². The summed E-state index contributed by atoms with van der Waals surface area (Å²) in [4.78, 5) is 0. The summed E-state index contributed by atoms with van der Waals surface area (Å²) >= 11 is 0. The van der Waals surface area contributed by atoms with Crippen LogP contribution in [0, 0.1) is 0 Å². The minimum Gasteiger partial charge on any atom is -0.234 e. The molecular formula is C38H67N2+. The topological polar surface area (TPSA) is 8.81 Å². The second-order valence-corrected chi connectivity index (χ2v) is 12.5. The molecule has 0 bridgehead atoms. The highest BCUT2D eigenvalue weighted by Crippen LogP contribution is 2.15. The van der Waals surface area contributed by atoms with Gasteiger partial charge in [0.05, 0.1) is 19.5 Å². The Balaban J connectivity index is 1.58. The van der Waals surface area contributed by atoms with E-state index in [2.05, 4.69) is 65.7 Å². The maximum atomic E-state index is 2.56. The van der Waals surface area contributed by atoms with Gasteiger partial charge >= 0.3 is 0 Å². The highest BCUT2D eigenvalue weighted by Gasteiger charge is 2.17. The normalized spacial score (nSPS) is 11.4. The van der Waals surface area contributed by atoms with Gasteiger partial charge in [-0.25, -0.2) is 9.13 Å². The van der Waals surface area contributed by atoms with Crippen molar-refractivity contribution in [2.75, 3.05) is 0 Å². The predicted octanol–water partition coefficient (Wildman–Crippen LogP) is 11.8. The summed E-state index contributed by atoms with van der Waals surface area (Å²) in [6.07, 6.45) is 39.8. The molecule has 2 nitrogen and oxygen atoms in total. The summed E-state index contributed by atoms with van der Waals surface area (Å²) < 4.78 is 5.11. The third-order valence-corrected chi connectivity index (χ3v) is 8.80. The average molecular weight is 552 g/mol. The van der Waals surface area contributed by atoms with Crippen molar-refractivity contribution in [3.05, 3.63) is 54.1 Å². The second kappa shape index (κ2) is 25.2. The van der Waals surface area contributed by atoms with Gasteiger partial charge in [-0.1, -0.05) is 173 Å². The Morgan fingerprint density at radius 2 is 0.925 bits per heavy atom. The van der Waals surface area contributed by atoms with Gasteiger partial charge in [0.2, 0.25) is 0 Å². The molecule has 0 aliphatic rings. The highest BCUT2D eigenvalue weighted by atomic mass is 15.1. The number of nitrogens with zero attached hydrogens (tertiary/aromatic N) is 2. The van der Waals surface area contributed by atoms with E-state index in [1.165, 1.54) is 179 Å². The molecule has 228 valence electrons. The zero-order valence-electron chi connectivity index (χ0n) is 27.0. The number of imidazole rings is 1. The molecule has 0 aliphatic heterocycles. The Morgan fingerprint density at radius 1 is 0.500 bits per heavy atom. The van der Waals surface area contributed by atoms with Crippen LogP contribution in [0.25, 0.3) is 0 Å². The first-order chi connectivity index (χ1) is 19.8. The van der Waals surface area contributed by atoms with Crippen molar-refractivity contribution in [1.29, 1.82) is 0 Å². The summed E-state index contributed by atoms with van der Waals surface area (Å²) in [5.41, 5.74) is 1.43. The summed E-state index contributed by atoms with van der Waals surface area (Å²) in [6, 6.07) is 11.1. The summed E-state index contributed by atoms with van der Waals surface area (Å²) in [5.74, 6) is 1.50. The van der Waals surface area contributed by atoms with Crippen molar-refractivity contribution < 1.29 is 4.57 Å². The number of hydrogen-bond donors (Lipinski definition) is 0. The lowest BCUT2D eigenvalue weighted by atomic mass is 10.0. The van der Waals surface area contributed by atoms with Crippen LogP contribution in [-0.4, -0.2) is 4.57 Å². The Bertz CT molecular complexity index is 793. The van der Waals surface area contributed by atoms with E-state index >= 15 is 0 Å². The third-order valence-electron chi connectivity index (χ3n) is 8.80. The minimum atomic E-state index is 1.05. The number of hydrogen-bond acceptors (Lipinski definition) is 0. The van der Waals surface area contributed by atoms with E-state index in [-0.39, 0.29) is 0 Å². The third kappa shape index (κ3) is 17.3. The maximum Gasteiger partial charge on any atom is 0.260 e. The molecule has 0 aliphatic carbocycles. The zero-order chi connectivity index (χ0) is 28.4. The molecule has 2 aromatic rings. The van der Waals surface area contributed by atoms with Crippen LogP contribution in [0.15, 0.2) is 42.7 Å². The molecule has 0 fully saturated rings. The standard InChI is InChI=1S/C38H67N2/c1-3-5-7-9-11-13-14-15-16-17-18-19-20-22-24-29-33-40-35-34-39(32-28-23-21-12-10-8-6-4-2)38(40)36-37-30-26-25-27-31-37/h25-27,30-31,34-35H,3-24,28-29,32-33,36H2,1-2H3/q+1. The van der Waals surface area contributed by atoms with Crippen LogP contribution in [0.4, 0.5) is 0 Å². The zero-order valence-corrected chi connectivity index (χ0v) is 27.0. The summed E-state index contributed by atoms with van der Waals surface area (Å²) in [6.45, 7) is 6.95. The van der Waals surface area contributed by atoms with E-state index in [0.29, 0.717) is 0 Å². The van der Waals surface area contributed by atoms with Crippen molar-refractivity contribution in [3.8, 4) is 0 Å². The molecule has 0 amide bonds. The Morgan fingerprint density at radius 3 is 1.40 bits per heavy atom. The quantitative estimate of drug-likeness (QED) is 0.0734. The average Bonchev–Trinajstić information content (AvgIpc) is 3.35. The van der Waals surface area contributed by atoms with Crippen molar-refractivity contribution in [2.24, 2.45) is 0 Å². The van der Waals surface area contributed by atoms with Crippen LogP contribution in [-0.2, 0) is 19.5 Å². The number of benzene rings is 1. The Hall–Kier alpha value is -1.57. The fourth-order valence-corrected chi connectivity index (χ4v) is 6.13. The van der Waals surface area contributed by atoms with E-state index in [0.717, 1.165) is 6.42 Å². The lowest BCUT2D eigenvalue weighted by Gasteiger charge is -2.07. The fourth-order valence-electron chi connectivity index (χ4n) is 6.13. The molecule has 0 N–H and O–H groups in total. The first-order valence-electron chi connectivity index (χ1n) is 18.0. The van der Waals surface area contributed by atoms with Gasteiger partial charge < -0.3 is 0 Å². The molecule has 1 aromatic heterocycles. The van der Waals surface area contributed by atoms with Crippen LogP contribution < -0.4 is 4.57 Å². The Kier molecular flexibility index (Phi) is 21.8. The molecule has 0 atom stereocenters. The molecule has 2 heteroatoms. The highest BCUT2D eigenvalue weighted by molar-refractivity contribution is 5.18. The van der Waals surface area contributed by atoms with Crippen molar-refractivity contribution >= 4 is 0 Å². The predicted molar refractivity (Wildman–Crippen MR) is 176 cm³/mol. The van der Waals surface area contributed by atoms with Gasteiger partial charge in [-0.3, -0.25) is 0 Å². The van der Waals surface area contributed by atoms with Gasteiger partial charge in [0.1, 0.15) is 12.4 Å². The maximum absolute atomic E-state index is 2.56. The van der Waals surface area contributed by atoms with E-state index < -0.39 is 0 Å². The van der Waals surface area contributed by atoms with Crippen LogP contribution in [0.1, 0.15) is 179 Å². The van der Waals surface area contributed by atoms with E-state index in [4.69, 9.17) is 0 Å². The summed E-state index contributed by atoms with van der Waals surface area (Å²) in [5, 5.41) is 0. The number of unbranched alkanes of at least 4 members (excludes halogenated alkanes) is 22. The largest absolute Gasteiger partial charge is 0.260 e. The number of aryl methyl sites for hydroxylation is 2. The van der Waals surface area contributed by atoms with Gasteiger partial charge in [0, 0.05) is 0 Å². The molecule has 0 unspecified atom stereocenters. The first kappa shape index (κ1) is 34.6. The molecule has 2 rings (SSSR count). The lowest BCUT2D eigenvalue weighted by Crippen LogP contribution is -2.37. The van der Waals surface area contributed by atoms with Gasteiger partial charge in [0.25, 0.3) is 5.82 Å². The second-order valence-electron chi connectivity index (χ2n) is 12.5. The van der Waals surface area contributed by atoms with Crippen LogP contribution in [0.3, 0.4) is 0 Å². The molecule has 0 saturated carbocycles.